The lowest BCUT2D eigenvalue weighted by molar-refractivity contribution is 0.0847. The van der Waals surface area contributed by atoms with Crippen LogP contribution in [0.4, 0.5) is 4.79 Å². The molecule has 2 aromatic carbocycles. The first kappa shape index (κ1) is 20.1. The first-order valence-corrected chi connectivity index (χ1v) is 9.95. The molecule has 0 aliphatic carbocycles. The van der Waals surface area contributed by atoms with Gasteiger partial charge in [-0.05, 0) is 11.1 Å². The normalized spacial score (nSPS) is 14.2. The SMILES string of the molecule is NC(COCc1ccccc1)c1nnc2n1CCN(C(=O)OCc1ccccc1)C2. The van der Waals surface area contributed by atoms with Crippen LogP contribution >= 0.6 is 0 Å². The standard InChI is InChI=1S/C22H25N5O3/c23-19(16-29-14-17-7-3-1-4-8-17)21-25-24-20-13-26(11-12-27(20)21)22(28)30-15-18-9-5-2-6-10-18/h1-10,19H,11-16,23H2. The minimum Gasteiger partial charge on any atom is -0.445 e. The molecule has 1 amide bonds. The molecular formula is C22H25N5O3. The van der Waals surface area contributed by atoms with E-state index >= 15 is 0 Å². The molecular weight excluding hydrogens is 382 g/mol. The molecule has 1 atom stereocenters. The number of amides is 1. The minimum absolute atomic E-state index is 0.248. The van der Waals surface area contributed by atoms with Crippen molar-refractivity contribution in [1.82, 2.24) is 19.7 Å². The number of benzene rings is 2. The molecule has 8 nitrogen and oxygen atoms in total. The number of hydrogen-bond donors (Lipinski definition) is 1. The van der Waals surface area contributed by atoms with E-state index in [1.165, 1.54) is 0 Å². The highest BCUT2D eigenvalue weighted by molar-refractivity contribution is 5.67. The van der Waals surface area contributed by atoms with Crippen LogP contribution in [-0.4, -0.2) is 38.9 Å². The fourth-order valence-electron chi connectivity index (χ4n) is 3.37. The molecule has 156 valence electrons. The van der Waals surface area contributed by atoms with E-state index in [1.54, 1.807) is 4.90 Å². The van der Waals surface area contributed by atoms with E-state index in [1.807, 2.05) is 65.2 Å². The van der Waals surface area contributed by atoms with Gasteiger partial charge in [0, 0.05) is 13.1 Å². The summed E-state index contributed by atoms with van der Waals surface area (Å²) >= 11 is 0. The molecule has 0 fully saturated rings. The van der Waals surface area contributed by atoms with E-state index < -0.39 is 0 Å². The Morgan fingerprint density at radius 3 is 2.33 bits per heavy atom. The van der Waals surface area contributed by atoms with Gasteiger partial charge in [0.05, 0.1) is 25.8 Å². The molecule has 3 aromatic rings. The Morgan fingerprint density at radius 2 is 1.63 bits per heavy atom. The number of rotatable bonds is 7. The van der Waals surface area contributed by atoms with Crippen LogP contribution < -0.4 is 5.73 Å². The third-order valence-electron chi connectivity index (χ3n) is 4.99. The van der Waals surface area contributed by atoms with Gasteiger partial charge >= 0.3 is 6.09 Å². The summed E-state index contributed by atoms with van der Waals surface area (Å²) in [4.78, 5) is 14.0. The van der Waals surface area contributed by atoms with Crippen LogP contribution in [0.5, 0.6) is 0 Å². The summed E-state index contributed by atoms with van der Waals surface area (Å²) < 4.78 is 13.1. The van der Waals surface area contributed by atoms with Crippen molar-refractivity contribution in [3.8, 4) is 0 Å². The van der Waals surface area contributed by atoms with Gasteiger partial charge in [0.1, 0.15) is 6.61 Å². The highest BCUT2D eigenvalue weighted by atomic mass is 16.6. The van der Waals surface area contributed by atoms with E-state index in [-0.39, 0.29) is 18.7 Å². The van der Waals surface area contributed by atoms with E-state index in [9.17, 15) is 4.79 Å². The molecule has 30 heavy (non-hydrogen) atoms. The highest BCUT2D eigenvalue weighted by Crippen LogP contribution is 2.18. The number of fused-ring (bicyclic) bond motifs is 1. The van der Waals surface area contributed by atoms with Crippen molar-refractivity contribution in [2.24, 2.45) is 5.73 Å². The topological polar surface area (TPSA) is 95.5 Å². The van der Waals surface area contributed by atoms with Crippen LogP contribution in [0.15, 0.2) is 60.7 Å². The van der Waals surface area contributed by atoms with E-state index in [0.717, 1.165) is 11.1 Å². The Kier molecular flexibility index (Phi) is 6.36. The predicted molar refractivity (Wildman–Crippen MR) is 110 cm³/mol. The lowest BCUT2D eigenvalue weighted by atomic mass is 10.2. The Balaban J connectivity index is 1.29. The maximum Gasteiger partial charge on any atom is 0.410 e. The summed E-state index contributed by atoms with van der Waals surface area (Å²) in [5.74, 6) is 1.38. The summed E-state index contributed by atoms with van der Waals surface area (Å²) in [6.45, 7) is 2.52. The van der Waals surface area contributed by atoms with Crippen molar-refractivity contribution in [2.75, 3.05) is 13.2 Å². The van der Waals surface area contributed by atoms with Gasteiger partial charge in [-0.25, -0.2) is 4.79 Å². The average Bonchev–Trinajstić information content (AvgIpc) is 3.22. The van der Waals surface area contributed by atoms with Crippen molar-refractivity contribution in [3.05, 3.63) is 83.4 Å². The molecule has 4 rings (SSSR count). The summed E-state index contributed by atoms with van der Waals surface area (Å²) in [5, 5.41) is 8.46. The maximum absolute atomic E-state index is 12.4. The summed E-state index contributed by atoms with van der Waals surface area (Å²) in [6, 6.07) is 19.2. The lowest BCUT2D eigenvalue weighted by Gasteiger charge is -2.27. The number of ether oxygens (including phenoxy) is 2. The number of carbonyl (C=O) groups excluding carboxylic acids is 1. The third kappa shape index (κ3) is 4.84. The number of carbonyl (C=O) groups is 1. The zero-order valence-corrected chi connectivity index (χ0v) is 16.7. The van der Waals surface area contributed by atoms with Gasteiger partial charge in [-0.2, -0.15) is 0 Å². The Labute approximate surface area is 175 Å². The predicted octanol–water partition coefficient (Wildman–Crippen LogP) is 2.65. The van der Waals surface area contributed by atoms with Crippen LogP contribution in [0.1, 0.15) is 28.8 Å². The number of hydrogen-bond acceptors (Lipinski definition) is 6. The molecule has 2 heterocycles. The van der Waals surface area contributed by atoms with E-state index in [2.05, 4.69) is 10.2 Å². The van der Waals surface area contributed by atoms with Crippen molar-refractivity contribution in [3.63, 3.8) is 0 Å². The van der Waals surface area contributed by atoms with Crippen molar-refractivity contribution in [1.29, 1.82) is 0 Å². The molecule has 1 aromatic heterocycles. The second kappa shape index (κ2) is 9.51. The molecule has 0 saturated carbocycles. The van der Waals surface area contributed by atoms with E-state index in [4.69, 9.17) is 15.2 Å². The Hall–Kier alpha value is -3.23. The average molecular weight is 407 g/mol. The van der Waals surface area contributed by atoms with Crippen molar-refractivity contribution in [2.45, 2.75) is 32.3 Å². The molecule has 0 spiro atoms. The van der Waals surface area contributed by atoms with Gasteiger partial charge in [-0.3, -0.25) is 4.90 Å². The second-order valence-corrected chi connectivity index (χ2v) is 7.20. The Bertz CT molecular complexity index is 961. The molecule has 0 saturated heterocycles. The van der Waals surface area contributed by atoms with Crippen LogP contribution in [0.2, 0.25) is 0 Å². The number of nitrogens with two attached hydrogens (primary N) is 1. The number of aromatic nitrogens is 3. The monoisotopic (exact) mass is 407 g/mol. The largest absolute Gasteiger partial charge is 0.445 e. The van der Waals surface area contributed by atoms with Gasteiger partial charge in [0.25, 0.3) is 0 Å². The summed E-state index contributed by atoms with van der Waals surface area (Å²) in [5.41, 5.74) is 8.33. The zero-order valence-electron chi connectivity index (χ0n) is 16.7. The van der Waals surface area contributed by atoms with Gasteiger partial charge in [-0.15, -0.1) is 10.2 Å². The summed E-state index contributed by atoms with van der Waals surface area (Å²) in [6.07, 6.45) is -0.356. The molecule has 8 heteroatoms. The van der Waals surface area contributed by atoms with Crippen molar-refractivity contribution >= 4 is 6.09 Å². The maximum atomic E-state index is 12.4. The third-order valence-corrected chi connectivity index (χ3v) is 4.99. The van der Waals surface area contributed by atoms with Gasteiger partial charge in [0.2, 0.25) is 0 Å². The van der Waals surface area contributed by atoms with Crippen LogP contribution in [0.25, 0.3) is 0 Å². The quantitative estimate of drug-likeness (QED) is 0.647. The number of nitrogens with zero attached hydrogens (tertiary/aromatic N) is 4. The molecule has 0 radical (unpaired) electrons. The zero-order chi connectivity index (χ0) is 20.8. The Morgan fingerprint density at radius 1 is 0.967 bits per heavy atom. The molecule has 0 bridgehead atoms. The molecule has 1 aliphatic heterocycles. The lowest BCUT2D eigenvalue weighted by Crippen LogP contribution is -2.39. The molecule has 2 N–H and O–H groups in total. The first-order valence-electron chi connectivity index (χ1n) is 9.95. The van der Waals surface area contributed by atoms with Crippen LogP contribution in [-0.2, 0) is 35.8 Å². The van der Waals surface area contributed by atoms with Crippen LogP contribution in [0, 0.1) is 0 Å². The molecule has 1 unspecified atom stereocenters. The fourth-order valence-corrected chi connectivity index (χ4v) is 3.37. The van der Waals surface area contributed by atoms with Gasteiger partial charge in [0.15, 0.2) is 11.6 Å². The van der Waals surface area contributed by atoms with Gasteiger partial charge in [-0.1, -0.05) is 60.7 Å². The van der Waals surface area contributed by atoms with Crippen molar-refractivity contribution < 1.29 is 14.3 Å². The fraction of sp³-hybridized carbons (Fsp3) is 0.318. The minimum atomic E-state index is -0.383. The summed E-state index contributed by atoms with van der Waals surface area (Å²) in [7, 11) is 0. The van der Waals surface area contributed by atoms with E-state index in [0.29, 0.717) is 44.5 Å². The van der Waals surface area contributed by atoms with Gasteiger partial charge < -0.3 is 19.8 Å². The molecule has 1 aliphatic rings. The highest BCUT2D eigenvalue weighted by Gasteiger charge is 2.27. The van der Waals surface area contributed by atoms with Crippen LogP contribution in [0.3, 0.4) is 0 Å². The first-order chi connectivity index (χ1) is 14.7. The second-order valence-electron chi connectivity index (χ2n) is 7.20. The smallest absolute Gasteiger partial charge is 0.410 e.